The minimum Gasteiger partial charge on any atom is -0.394 e. The Morgan fingerprint density at radius 3 is 2.70 bits per heavy atom. The molecule has 0 radical (unpaired) electrons. The lowest BCUT2D eigenvalue weighted by Crippen LogP contribution is -2.32. The first kappa shape index (κ1) is 18.4. The van der Waals surface area contributed by atoms with Gasteiger partial charge >= 0.3 is 0 Å². The van der Waals surface area contributed by atoms with E-state index >= 15 is 0 Å². The number of nitrogens with one attached hydrogen (secondary N) is 1. The average Bonchev–Trinajstić information content (AvgIpc) is 3.22. The van der Waals surface area contributed by atoms with Gasteiger partial charge in [0.2, 0.25) is 0 Å². The van der Waals surface area contributed by atoms with Gasteiger partial charge in [-0.2, -0.15) is 11.8 Å². The lowest BCUT2D eigenvalue weighted by Gasteiger charge is -2.28. The van der Waals surface area contributed by atoms with Crippen molar-refractivity contribution in [1.82, 2.24) is 9.97 Å². The Hall–Kier alpha value is -1.99. The second kappa shape index (κ2) is 8.80. The van der Waals surface area contributed by atoms with Crippen molar-refractivity contribution in [3.8, 4) is 0 Å². The molecule has 0 spiro atoms. The molecule has 0 aliphatic carbocycles. The fourth-order valence-electron chi connectivity index (χ4n) is 3.77. The van der Waals surface area contributed by atoms with Crippen LogP contribution in [-0.2, 0) is 6.54 Å². The number of aliphatic hydroxyl groups is 1. The maximum atomic E-state index is 9.53. The van der Waals surface area contributed by atoms with Gasteiger partial charge in [0.15, 0.2) is 0 Å². The van der Waals surface area contributed by atoms with E-state index < -0.39 is 0 Å². The van der Waals surface area contributed by atoms with E-state index in [1.54, 1.807) is 6.33 Å². The van der Waals surface area contributed by atoms with Crippen LogP contribution in [0, 0.1) is 0 Å². The number of benzene rings is 1. The number of anilines is 3. The molecule has 2 aliphatic rings. The first-order chi connectivity index (χ1) is 13.3. The van der Waals surface area contributed by atoms with Crippen molar-refractivity contribution in [2.45, 2.75) is 25.4 Å². The molecule has 2 saturated heterocycles. The molecular weight excluding hydrogens is 358 g/mol. The van der Waals surface area contributed by atoms with Gasteiger partial charge in [0.05, 0.1) is 12.6 Å². The van der Waals surface area contributed by atoms with Crippen LogP contribution in [0.5, 0.6) is 0 Å². The third-order valence-corrected chi connectivity index (χ3v) is 6.26. The summed E-state index contributed by atoms with van der Waals surface area (Å²) in [5.74, 6) is 4.14. The normalized spacial score (nSPS) is 20.1. The van der Waals surface area contributed by atoms with Crippen LogP contribution in [-0.4, -0.2) is 58.9 Å². The van der Waals surface area contributed by atoms with E-state index in [1.165, 1.54) is 22.8 Å². The van der Waals surface area contributed by atoms with Crippen LogP contribution in [0.15, 0.2) is 36.7 Å². The van der Waals surface area contributed by atoms with E-state index in [2.05, 4.69) is 49.4 Å². The highest BCUT2D eigenvalue weighted by molar-refractivity contribution is 7.99. The van der Waals surface area contributed by atoms with Crippen molar-refractivity contribution in [3.63, 3.8) is 0 Å². The van der Waals surface area contributed by atoms with Gasteiger partial charge in [-0.25, -0.2) is 9.97 Å². The summed E-state index contributed by atoms with van der Waals surface area (Å²) in [6.07, 6.45) is 3.72. The van der Waals surface area contributed by atoms with E-state index in [0.29, 0.717) is 0 Å². The Balaban J connectivity index is 1.36. The number of nitrogens with zero attached hydrogens (tertiary/aromatic N) is 4. The van der Waals surface area contributed by atoms with Crippen molar-refractivity contribution < 1.29 is 5.11 Å². The monoisotopic (exact) mass is 385 g/mol. The predicted octanol–water partition coefficient (Wildman–Crippen LogP) is 2.60. The Morgan fingerprint density at radius 2 is 1.93 bits per heavy atom. The maximum absolute atomic E-state index is 9.53. The Morgan fingerprint density at radius 1 is 1.11 bits per heavy atom. The molecular formula is C20H27N5OS. The molecule has 2 N–H and O–H groups in total. The standard InChI is InChI=1S/C20H27N5OS/c26-14-18-2-1-7-25(18)20-12-19(22-15-23-20)21-13-16-3-5-17(6-4-16)24-8-10-27-11-9-24/h3-6,12,15,18,26H,1-2,7-11,13-14H2,(H,21,22,23). The third kappa shape index (κ3) is 4.47. The highest BCUT2D eigenvalue weighted by Gasteiger charge is 2.25. The van der Waals surface area contributed by atoms with Crippen LogP contribution < -0.4 is 15.1 Å². The third-order valence-electron chi connectivity index (χ3n) is 5.32. The topological polar surface area (TPSA) is 64.5 Å². The first-order valence-corrected chi connectivity index (χ1v) is 10.8. The van der Waals surface area contributed by atoms with Gasteiger partial charge in [0.1, 0.15) is 18.0 Å². The van der Waals surface area contributed by atoms with E-state index in [1.807, 2.05) is 17.8 Å². The average molecular weight is 386 g/mol. The zero-order chi connectivity index (χ0) is 18.5. The van der Waals surface area contributed by atoms with E-state index in [9.17, 15) is 5.11 Å². The molecule has 2 fully saturated rings. The summed E-state index contributed by atoms with van der Waals surface area (Å²) in [5, 5.41) is 12.9. The zero-order valence-electron chi connectivity index (χ0n) is 15.5. The number of hydrogen-bond acceptors (Lipinski definition) is 7. The van der Waals surface area contributed by atoms with Gasteiger partial charge in [-0.1, -0.05) is 12.1 Å². The molecule has 0 amide bonds. The Labute approximate surface area is 165 Å². The van der Waals surface area contributed by atoms with Crippen LogP contribution >= 0.6 is 11.8 Å². The van der Waals surface area contributed by atoms with Gasteiger partial charge in [-0.15, -0.1) is 0 Å². The zero-order valence-corrected chi connectivity index (χ0v) is 16.4. The van der Waals surface area contributed by atoms with Crippen LogP contribution in [0.25, 0.3) is 0 Å². The van der Waals surface area contributed by atoms with Gasteiger partial charge in [-0.05, 0) is 30.5 Å². The number of rotatable bonds is 6. The number of hydrogen-bond donors (Lipinski definition) is 2. The van der Waals surface area contributed by atoms with Crippen LogP contribution in [0.2, 0.25) is 0 Å². The molecule has 144 valence electrons. The van der Waals surface area contributed by atoms with Crippen LogP contribution in [0.3, 0.4) is 0 Å². The van der Waals surface area contributed by atoms with Crippen molar-refractivity contribution in [2.24, 2.45) is 0 Å². The van der Waals surface area contributed by atoms with E-state index in [0.717, 1.165) is 50.7 Å². The lowest BCUT2D eigenvalue weighted by atomic mass is 10.2. The SMILES string of the molecule is OCC1CCCN1c1cc(NCc2ccc(N3CCSCC3)cc2)ncn1. The number of aromatic nitrogens is 2. The van der Waals surface area contributed by atoms with Crippen molar-refractivity contribution >= 4 is 29.1 Å². The van der Waals surface area contributed by atoms with Crippen LogP contribution in [0.4, 0.5) is 17.3 Å². The molecule has 4 rings (SSSR count). The largest absolute Gasteiger partial charge is 0.394 e. The van der Waals surface area contributed by atoms with Crippen molar-refractivity contribution in [2.75, 3.05) is 52.9 Å². The maximum Gasteiger partial charge on any atom is 0.134 e. The molecule has 0 saturated carbocycles. The highest BCUT2D eigenvalue weighted by Crippen LogP contribution is 2.25. The lowest BCUT2D eigenvalue weighted by molar-refractivity contribution is 0.266. The van der Waals surface area contributed by atoms with Gasteiger partial charge in [0.25, 0.3) is 0 Å². The summed E-state index contributed by atoms with van der Waals surface area (Å²) in [6.45, 7) is 4.12. The van der Waals surface area contributed by atoms with Crippen LogP contribution in [0.1, 0.15) is 18.4 Å². The number of thioether (sulfide) groups is 1. The summed E-state index contributed by atoms with van der Waals surface area (Å²) in [4.78, 5) is 13.4. The molecule has 7 heteroatoms. The fraction of sp³-hybridized carbons (Fsp3) is 0.500. The molecule has 1 unspecified atom stereocenters. The molecule has 6 nitrogen and oxygen atoms in total. The minimum absolute atomic E-state index is 0.175. The fourth-order valence-corrected chi connectivity index (χ4v) is 4.67. The van der Waals surface area contributed by atoms with E-state index in [-0.39, 0.29) is 12.6 Å². The Bertz CT molecular complexity index is 735. The molecule has 27 heavy (non-hydrogen) atoms. The second-order valence-corrected chi connectivity index (χ2v) is 8.28. The van der Waals surface area contributed by atoms with Gasteiger partial charge in [0, 0.05) is 49.4 Å². The molecule has 1 aromatic heterocycles. The molecule has 1 atom stereocenters. The Kier molecular flexibility index (Phi) is 5.99. The molecule has 1 aromatic carbocycles. The molecule has 3 heterocycles. The summed E-state index contributed by atoms with van der Waals surface area (Å²) < 4.78 is 0. The summed E-state index contributed by atoms with van der Waals surface area (Å²) in [7, 11) is 0. The smallest absolute Gasteiger partial charge is 0.134 e. The predicted molar refractivity (Wildman–Crippen MR) is 113 cm³/mol. The molecule has 0 bridgehead atoms. The highest BCUT2D eigenvalue weighted by atomic mass is 32.2. The van der Waals surface area contributed by atoms with Gasteiger partial charge < -0.3 is 20.2 Å². The van der Waals surface area contributed by atoms with E-state index in [4.69, 9.17) is 0 Å². The number of aliphatic hydroxyl groups excluding tert-OH is 1. The first-order valence-electron chi connectivity index (χ1n) is 9.68. The molecule has 2 aromatic rings. The second-order valence-electron chi connectivity index (χ2n) is 7.05. The van der Waals surface area contributed by atoms with Crippen molar-refractivity contribution in [3.05, 3.63) is 42.2 Å². The summed E-state index contributed by atoms with van der Waals surface area (Å²) in [5.41, 5.74) is 2.55. The molecule has 2 aliphatic heterocycles. The summed E-state index contributed by atoms with van der Waals surface area (Å²) >= 11 is 2.03. The summed E-state index contributed by atoms with van der Waals surface area (Å²) in [6, 6.07) is 11.0. The van der Waals surface area contributed by atoms with Gasteiger partial charge in [-0.3, -0.25) is 0 Å². The minimum atomic E-state index is 0.175. The quantitative estimate of drug-likeness (QED) is 0.792. The van der Waals surface area contributed by atoms with Crippen molar-refractivity contribution in [1.29, 1.82) is 0 Å².